The third kappa shape index (κ3) is 6.43. The normalized spacial score (nSPS) is 13.8. The van der Waals surface area contributed by atoms with Crippen molar-refractivity contribution >= 4 is 15.9 Å². The van der Waals surface area contributed by atoms with Crippen molar-refractivity contribution in [3.8, 4) is 0 Å². The number of nitrogens with one attached hydrogen (secondary N) is 1. The second-order valence-electron chi connectivity index (χ2n) is 7.15. The Kier molecular flexibility index (Phi) is 6.79. The maximum Gasteiger partial charge on any atom is 0.143 e. The molecule has 1 aromatic carbocycles. The van der Waals surface area contributed by atoms with Crippen molar-refractivity contribution < 1.29 is 8.78 Å². The van der Waals surface area contributed by atoms with Gasteiger partial charge in [-0.15, -0.1) is 0 Å². The van der Waals surface area contributed by atoms with Crippen molar-refractivity contribution in [3.05, 3.63) is 33.8 Å². The Hall–Kier alpha value is -0.480. The van der Waals surface area contributed by atoms with Gasteiger partial charge in [0.05, 0.1) is 4.47 Å². The molecule has 1 atom stereocenters. The Labute approximate surface area is 135 Å². The number of rotatable bonds is 6. The van der Waals surface area contributed by atoms with Crippen LogP contribution < -0.4 is 5.32 Å². The van der Waals surface area contributed by atoms with Crippen molar-refractivity contribution in [2.75, 3.05) is 6.54 Å². The van der Waals surface area contributed by atoms with Crippen LogP contribution >= 0.6 is 15.9 Å². The van der Waals surface area contributed by atoms with E-state index in [1.165, 1.54) is 12.1 Å². The molecule has 0 fully saturated rings. The molecule has 0 saturated heterocycles. The molecule has 0 amide bonds. The van der Waals surface area contributed by atoms with Crippen molar-refractivity contribution in [1.82, 2.24) is 5.32 Å². The van der Waals surface area contributed by atoms with Gasteiger partial charge in [0, 0.05) is 11.1 Å². The molecular formula is C17H26BrF2N. The third-order valence-corrected chi connectivity index (χ3v) is 3.97. The molecule has 0 aromatic heterocycles. The van der Waals surface area contributed by atoms with E-state index in [-0.39, 0.29) is 17.0 Å². The number of hydrogen-bond donors (Lipinski definition) is 1. The predicted octanol–water partition coefficient (Wildman–Crippen LogP) is 5.32. The molecule has 0 spiro atoms. The number of halogens is 3. The molecule has 0 saturated carbocycles. The minimum absolute atomic E-state index is 0.00356. The van der Waals surface area contributed by atoms with Crippen molar-refractivity contribution in [1.29, 1.82) is 0 Å². The fourth-order valence-corrected chi connectivity index (χ4v) is 2.77. The first-order chi connectivity index (χ1) is 9.60. The van der Waals surface area contributed by atoms with Gasteiger partial charge in [-0.3, -0.25) is 0 Å². The van der Waals surface area contributed by atoms with Gasteiger partial charge in [-0.25, -0.2) is 8.78 Å². The van der Waals surface area contributed by atoms with Crippen LogP contribution in [-0.2, 0) is 6.42 Å². The molecule has 1 nitrogen and oxygen atoms in total. The first kappa shape index (κ1) is 18.6. The smallest absolute Gasteiger partial charge is 0.143 e. The van der Waals surface area contributed by atoms with E-state index in [1.54, 1.807) is 0 Å². The van der Waals surface area contributed by atoms with E-state index < -0.39 is 11.6 Å². The van der Waals surface area contributed by atoms with Crippen LogP contribution in [0, 0.1) is 23.5 Å². The lowest BCUT2D eigenvalue weighted by Gasteiger charge is -2.26. The lowest BCUT2D eigenvalue weighted by molar-refractivity contribution is 0.326. The molecular weight excluding hydrogens is 336 g/mol. The minimum Gasteiger partial charge on any atom is -0.312 e. The highest BCUT2D eigenvalue weighted by Gasteiger charge is 2.20. The van der Waals surface area contributed by atoms with Gasteiger partial charge >= 0.3 is 0 Å². The summed E-state index contributed by atoms with van der Waals surface area (Å²) in [5, 5.41) is 3.44. The fraction of sp³-hybridized carbons (Fsp3) is 0.647. The molecule has 120 valence electrons. The highest BCUT2D eigenvalue weighted by molar-refractivity contribution is 9.10. The first-order valence-corrected chi connectivity index (χ1v) is 8.27. The maximum absolute atomic E-state index is 14.1. The van der Waals surface area contributed by atoms with E-state index in [4.69, 9.17) is 0 Å². The Morgan fingerprint density at radius 2 is 1.81 bits per heavy atom. The van der Waals surface area contributed by atoms with E-state index >= 15 is 0 Å². The Morgan fingerprint density at radius 3 is 2.33 bits per heavy atom. The number of hydrogen-bond acceptors (Lipinski definition) is 1. The lowest BCUT2D eigenvalue weighted by Crippen LogP contribution is -2.40. The van der Waals surface area contributed by atoms with Crippen LogP contribution in [0.1, 0.15) is 46.6 Å². The van der Waals surface area contributed by atoms with Gasteiger partial charge in [-0.05, 0) is 80.1 Å². The Bertz CT molecular complexity index is 467. The average molecular weight is 362 g/mol. The van der Waals surface area contributed by atoms with Gasteiger partial charge in [0.15, 0.2) is 0 Å². The first-order valence-electron chi connectivity index (χ1n) is 7.47. The molecule has 1 N–H and O–H groups in total. The zero-order valence-corrected chi connectivity index (χ0v) is 15.2. The SMILES string of the molecule is CC(C)CC(CNC(C)(C)C)Cc1c(F)ccc(Br)c1F. The molecule has 1 rings (SSSR count). The van der Waals surface area contributed by atoms with Gasteiger partial charge in [0.1, 0.15) is 11.6 Å². The van der Waals surface area contributed by atoms with Crippen LogP contribution in [0.3, 0.4) is 0 Å². The molecule has 21 heavy (non-hydrogen) atoms. The van der Waals surface area contributed by atoms with Gasteiger partial charge in [0.25, 0.3) is 0 Å². The fourth-order valence-electron chi connectivity index (χ4n) is 2.40. The van der Waals surface area contributed by atoms with E-state index in [9.17, 15) is 8.78 Å². The molecule has 0 heterocycles. The van der Waals surface area contributed by atoms with Gasteiger partial charge < -0.3 is 5.32 Å². The molecule has 0 aliphatic carbocycles. The summed E-state index contributed by atoms with van der Waals surface area (Å²) < 4.78 is 28.4. The van der Waals surface area contributed by atoms with Gasteiger partial charge in [-0.1, -0.05) is 13.8 Å². The molecule has 1 aromatic rings. The van der Waals surface area contributed by atoms with Crippen LogP contribution in [0.2, 0.25) is 0 Å². The zero-order valence-electron chi connectivity index (χ0n) is 13.6. The topological polar surface area (TPSA) is 12.0 Å². The van der Waals surface area contributed by atoms with Gasteiger partial charge in [-0.2, -0.15) is 0 Å². The van der Waals surface area contributed by atoms with Crippen LogP contribution in [0.15, 0.2) is 16.6 Å². The van der Waals surface area contributed by atoms with Crippen LogP contribution in [0.4, 0.5) is 8.78 Å². The quantitative estimate of drug-likeness (QED) is 0.676. The second-order valence-corrected chi connectivity index (χ2v) is 8.01. The average Bonchev–Trinajstić information content (AvgIpc) is 2.34. The van der Waals surface area contributed by atoms with Gasteiger partial charge in [0.2, 0.25) is 0 Å². The standard InChI is InChI=1S/C17H26BrF2N/c1-11(2)8-12(10-21-17(3,4)5)9-13-15(19)7-6-14(18)16(13)20/h6-7,11-12,21H,8-10H2,1-5H3. The second kappa shape index (κ2) is 7.68. The van der Waals surface area contributed by atoms with E-state index in [0.29, 0.717) is 16.8 Å². The highest BCUT2D eigenvalue weighted by atomic mass is 79.9. The molecule has 4 heteroatoms. The summed E-state index contributed by atoms with van der Waals surface area (Å²) in [5.74, 6) is -0.225. The minimum atomic E-state index is -0.473. The summed E-state index contributed by atoms with van der Waals surface area (Å²) in [6.45, 7) is 11.3. The molecule has 1 unspecified atom stereocenters. The van der Waals surface area contributed by atoms with Crippen LogP contribution in [0.25, 0.3) is 0 Å². The maximum atomic E-state index is 14.1. The van der Waals surface area contributed by atoms with E-state index in [0.717, 1.165) is 13.0 Å². The summed E-state index contributed by atoms with van der Waals surface area (Å²) in [5.41, 5.74) is 0.189. The molecule has 0 aliphatic heterocycles. The summed E-state index contributed by atoms with van der Waals surface area (Å²) in [4.78, 5) is 0. The zero-order chi connectivity index (χ0) is 16.2. The third-order valence-electron chi connectivity index (χ3n) is 3.36. The van der Waals surface area contributed by atoms with Crippen molar-refractivity contribution in [3.63, 3.8) is 0 Å². The lowest BCUT2D eigenvalue weighted by atomic mass is 9.89. The Morgan fingerprint density at radius 1 is 1.19 bits per heavy atom. The monoisotopic (exact) mass is 361 g/mol. The predicted molar refractivity (Wildman–Crippen MR) is 88.5 cm³/mol. The Balaban J connectivity index is 2.88. The molecule has 0 aliphatic rings. The number of benzene rings is 1. The van der Waals surface area contributed by atoms with E-state index in [1.807, 2.05) is 0 Å². The summed E-state index contributed by atoms with van der Waals surface area (Å²) in [7, 11) is 0. The summed E-state index contributed by atoms with van der Waals surface area (Å²) in [6, 6.07) is 2.74. The van der Waals surface area contributed by atoms with Crippen LogP contribution in [0.5, 0.6) is 0 Å². The largest absolute Gasteiger partial charge is 0.312 e. The van der Waals surface area contributed by atoms with Crippen LogP contribution in [-0.4, -0.2) is 12.1 Å². The van der Waals surface area contributed by atoms with Crippen molar-refractivity contribution in [2.24, 2.45) is 11.8 Å². The molecule has 0 radical (unpaired) electrons. The molecule has 0 bridgehead atoms. The highest BCUT2D eigenvalue weighted by Crippen LogP contribution is 2.26. The summed E-state index contributed by atoms with van der Waals surface area (Å²) >= 11 is 3.13. The van der Waals surface area contributed by atoms with Crippen molar-refractivity contribution in [2.45, 2.75) is 53.0 Å². The summed E-state index contributed by atoms with van der Waals surface area (Å²) in [6.07, 6.45) is 1.35. The van der Waals surface area contributed by atoms with E-state index in [2.05, 4.69) is 55.9 Å².